The molecule has 0 saturated heterocycles. The molecule has 1 aromatic carbocycles. The van der Waals surface area contributed by atoms with Crippen molar-refractivity contribution in [3.63, 3.8) is 0 Å². The van der Waals surface area contributed by atoms with Gasteiger partial charge in [-0.05, 0) is 19.1 Å². The van der Waals surface area contributed by atoms with Crippen molar-refractivity contribution in [2.45, 2.75) is 18.2 Å². The third kappa shape index (κ3) is 3.84. The molecule has 0 radical (unpaired) electrons. The van der Waals surface area contributed by atoms with Crippen molar-refractivity contribution in [1.29, 1.82) is 0 Å². The third-order valence-electron chi connectivity index (χ3n) is 2.28. The summed E-state index contributed by atoms with van der Waals surface area (Å²) in [6, 6.07) is 2.01. The summed E-state index contributed by atoms with van der Waals surface area (Å²) in [5.41, 5.74) is 5.45. The molecule has 1 rings (SSSR count). The van der Waals surface area contributed by atoms with Gasteiger partial charge in [0.25, 0.3) is 0 Å². The highest BCUT2D eigenvalue weighted by Gasteiger charge is 2.18. The van der Waals surface area contributed by atoms with Gasteiger partial charge in [0.2, 0.25) is 10.0 Å². The zero-order chi connectivity index (χ0) is 14.5. The lowest BCUT2D eigenvalue weighted by Crippen LogP contribution is -2.24. The molecule has 1 aromatic rings. The van der Waals surface area contributed by atoms with E-state index in [1.54, 1.807) is 6.92 Å². The summed E-state index contributed by atoms with van der Waals surface area (Å²) >= 11 is 0. The number of nitrogens with one attached hydrogen (secondary N) is 1. The first-order valence-corrected chi connectivity index (χ1v) is 6.93. The Balaban J connectivity index is 2.98. The Bertz CT molecular complexity index is 595. The maximum absolute atomic E-state index is 13.6. The standard InChI is InChI=1S/C12H15FN2O3S/c1-3-4-5-6-15-19(16,17)9-7-10(13)12(18-2)11(14)8-9/h7-8,15H,5-6,14H2,1-2H3. The van der Waals surface area contributed by atoms with Gasteiger partial charge in [0.15, 0.2) is 11.6 Å². The van der Waals surface area contributed by atoms with Gasteiger partial charge in [-0.15, -0.1) is 11.8 Å². The van der Waals surface area contributed by atoms with Crippen molar-refractivity contribution in [3.8, 4) is 17.6 Å². The highest BCUT2D eigenvalue weighted by molar-refractivity contribution is 7.89. The molecule has 0 heterocycles. The van der Waals surface area contributed by atoms with E-state index in [4.69, 9.17) is 10.5 Å². The summed E-state index contributed by atoms with van der Waals surface area (Å²) in [7, 11) is -2.55. The number of methoxy groups -OCH3 is 1. The summed E-state index contributed by atoms with van der Waals surface area (Å²) in [5, 5.41) is 0. The van der Waals surface area contributed by atoms with Gasteiger partial charge in [-0.2, -0.15) is 0 Å². The van der Waals surface area contributed by atoms with Crippen molar-refractivity contribution in [3.05, 3.63) is 17.9 Å². The molecule has 0 fully saturated rings. The molecule has 0 spiro atoms. The van der Waals surface area contributed by atoms with E-state index < -0.39 is 15.8 Å². The fourth-order valence-electron chi connectivity index (χ4n) is 1.42. The third-order valence-corrected chi connectivity index (χ3v) is 3.72. The topological polar surface area (TPSA) is 81.4 Å². The van der Waals surface area contributed by atoms with E-state index in [0.717, 1.165) is 12.1 Å². The summed E-state index contributed by atoms with van der Waals surface area (Å²) in [4.78, 5) is -0.243. The summed E-state index contributed by atoms with van der Waals surface area (Å²) < 4.78 is 44.4. The lowest BCUT2D eigenvalue weighted by atomic mass is 10.3. The van der Waals surface area contributed by atoms with Crippen LogP contribution in [-0.4, -0.2) is 22.1 Å². The van der Waals surface area contributed by atoms with Crippen LogP contribution in [0.4, 0.5) is 10.1 Å². The molecule has 0 atom stereocenters. The Morgan fingerprint density at radius 2 is 2.16 bits per heavy atom. The monoisotopic (exact) mass is 286 g/mol. The fraction of sp³-hybridized carbons (Fsp3) is 0.333. The Morgan fingerprint density at radius 3 is 2.68 bits per heavy atom. The minimum absolute atomic E-state index is 0.0729. The van der Waals surface area contributed by atoms with E-state index in [1.165, 1.54) is 7.11 Å². The molecule has 7 heteroatoms. The van der Waals surface area contributed by atoms with Crippen LogP contribution < -0.4 is 15.2 Å². The Hall–Kier alpha value is -1.78. The van der Waals surface area contributed by atoms with Crippen molar-refractivity contribution < 1.29 is 17.5 Å². The predicted molar refractivity (Wildman–Crippen MR) is 70.6 cm³/mol. The van der Waals surface area contributed by atoms with Crippen LogP contribution in [0.25, 0.3) is 0 Å². The van der Waals surface area contributed by atoms with Gasteiger partial charge in [0.05, 0.1) is 17.7 Å². The molecule has 0 aliphatic heterocycles. The highest BCUT2D eigenvalue weighted by atomic mass is 32.2. The SMILES string of the molecule is CC#CCCNS(=O)(=O)c1cc(N)c(OC)c(F)c1. The number of benzene rings is 1. The van der Waals surface area contributed by atoms with Crippen molar-refractivity contribution in [1.82, 2.24) is 4.72 Å². The van der Waals surface area contributed by atoms with Gasteiger partial charge in [0.1, 0.15) is 0 Å². The number of hydrogen-bond acceptors (Lipinski definition) is 4. The molecular weight excluding hydrogens is 271 g/mol. The Labute approximate surface area is 112 Å². The maximum Gasteiger partial charge on any atom is 0.240 e. The van der Waals surface area contributed by atoms with Gasteiger partial charge in [-0.3, -0.25) is 0 Å². The van der Waals surface area contributed by atoms with Crippen molar-refractivity contribution >= 4 is 15.7 Å². The first-order chi connectivity index (χ1) is 8.92. The molecule has 0 bridgehead atoms. The molecule has 0 aliphatic carbocycles. The van der Waals surface area contributed by atoms with E-state index >= 15 is 0 Å². The second-order valence-corrected chi connectivity index (χ2v) is 5.37. The zero-order valence-corrected chi connectivity index (χ0v) is 11.5. The number of anilines is 1. The van der Waals surface area contributed by atoms with Crippen molar-refractivity contribution in [2.75, 3.05) is 19.4 Å². The molecule has 104 valence electrons. The number of rotatable bonds is 5. The highest BCUT2D eigenvalue weighted by Crippen LogP contribution is 2.28. The van der Waals surface area contributed by atoms with Gasteiger partial charge < -0.3 is 10.5 Å². The molecule has 0 amide bonds. The minimum Gasteiger partial charge on any atom is -0.492 e. The van der Waals surface area contributed by atoms with Gasteiger partial charge in [-0.1, -0.05) is 0 Å². The Kier molecular flexibility index (Phi) is 5.15. The smallest absolute Gasteiger partial charge is 0.240 e. The lowest BCUT2D eigenvalue weighted by Gasteiger charge is -2.10. The van der Waals surface area contributed by atoms with Crippen LogP contribution in [0.1, 0.15) is 13.3 Å². The van der Waals surface area contributed by atoms with E-state index in [2.05, 4.69) is 16.6 Å². The number of halogens is 1. The lowest BCUT2D eigenvalue weighted by molar-refractivity contribution is 0.388. The van der Waals surface area contributed by atoms with E-state index in [-0.39, 0.29) is 22.9 Å². The largest absolute Gasteiger partial charge is 0.492 e. The Morgan fingerprint density at radius 1 is 1.47 bits per heavy atom. The fourth-order valence-corrected chi connectivity index (χ4v) is 2.49. The minimum atomic E-state index is -3.80. The first-order valence-electron chi connectivity index (χ1n) is 5.44. The molecule has 0 saturated carbocycles. The van der Waals surface area contributed by atoms with Crippen LogP contribution >= 0.6 is 0 Å². The number of nitrogen functional groups attached to an aromatic ring is 1. The van der Waals surface area contributed by atoms with Gasteiger partial charge in [-0.25, -0.2) is 17.5 Å². The van der Waals surface area contributed by atoms with Crippen LogP contribution in [0.2, 0.25) is 0 Å². The normalized spacial score (nSPS) is 10.7. The molecule has 5 nitrogen and oxygen atoms in total. The van der Waals surface area contributed by atoms with E-state index in [1.807, 2.05) is 0 Å². The van der Waals surface area contributed by atoms with Crippen LogP contribution in [0.15, 0.2) is 17.0 Å². The first kappa shape index (κ1) is 15.3. The van der Waals surface area contributed by atoms with Crippen LogP contribution in [0.5, 0.6) is 5.75 Å². The van der Waals surface area contributed by atoms with Gasteiger partial charge >= 0.3 is 0 Å². The molecular formula is C12H15FN2O3S. The maximum atomic E-state index is 13.6. The second-order valence-electron chi connectivity index (χ2n) is 3.60. The average Bonchev–Trinajstić information content (AvgIpc) is 2.34. The molecule has 19 heavy (non-hydrogen) atoms. The van der Waals surface area contributed by atoms with Crippen LogP contribution in [0.3, 0.4) is 0 Å². The number of nitrogens with two attached hydrogens (primary N) is 1. The molecule has 0 aliphatic rings. The van der Waals surface area contributed by atoms with E-state index in [9.17, 15) is 12.8 Å². The number of hydrogen-bond donors (Lipinski definition) is 2. The quantitative estimate of drug-likeness (QED) is 0.482. The number of ether oxygens (including phenoxy) is 1. The summed E-state index contributed by atoms with van der Waals surface area (Å²) in [6.45, 7) is 1.81. The summed E-state index contributed by atoms with van der Waals surface area (Å²) in [6.07, 6.45) is 0.379. The van der Waals surface area contributed by atoms with Crippen LogP contribution in [0, 0.1) is 17.7 Å². The summed E-state index contributed by atoms with van der Waals surface area (Å²) in [5.74, 6) is 4.37. The molecule has 0 unspecified atom stereocenters. The van der Waals surface area contributed by atoms with Gasteiger partial charge in [0, 0.05) is 13.0 Å². The molecule has 0 aromatic heterocycles. The predicted octanol–water partition coefficient (Wildman–Crippen LogP) is 1.11. The van der Waals surface area contributed by atoms with Crippen LogP contribution in [-0.2, 0) is 10.0 Å². The number of sulfonamides is 1. The second kappa shape index (κ2) is 6.41. The van der Waals surface area contributed by atoms with E-state index in [0.29, 0.717) is 6.42 Å². The van der Waals surface area contributed by atoms with Crippen molar-refractivity contribution in [2.24, 2.45) is 0 Å². The average molecular weight is 286 g/mol. The zero-order valence-electron chi connectivity index (χ0n) is 10.7. The molecule has 3 N–H and O–H groups in total.